The van der Waals surface area contributed by atoms with Crippen LogP contribution in [-0.2, 0) is 32.6 Å². The maximum Gasteiger partial charge on any atom is 0.264 e. The quantitative estimate of drug-likeness (QED) is 0.192. The van der Waals surface area contributed by atoms with E-state index in [4.69, 9.17) is 0 Å². The third-order valence-corrected chi connectivity index (χ3v) is 9.23. The molecule has 0 aromatic heterocycles. The molecule has 10 heteroatoms. The van der Waals surface area contributed by atoms with Gasteiger partial charge in [-0.3, -0.25) is 13.9 Å². The van der Waals surface area contributed by atoms with Crippen molar-refractivity contribution in [3.63, 3.8) is 0 Å². The molecular weight excluding hydrogens is 645 g/mol. The van der Waals surface area contributed by atoms with E-state index in [-0.39, 0.29) is 35.5 Å². The molecule has 0 bridgehead atoms. The van der Waals surface area contributed by atoms with E-state index in [0.717, 1.165) is 37.6 Å². The van der Waals surface area contributed by atoms with Crippen molar-refractivity contribution >= 4 is 43.5 Å². The van der Waals surface area contributed by atoms with Crippen molar-refractivity contribution in [2.75, 3.05) is 10.8 Å². The largest absolute Gasteiger partial charge is 0.352 e. The Morgan fingerprint density at radius 3 is 2.11 bits per heavy atom. The van der Waals surface area contributed by atoms with Crippen LogP contribution in [-0.4, -0.2) is 43.8 Å². The first-order valence-electron chi connectivity index (χ1n) is 14.2. The Hall–Kier alpha value is -4.02. The van der Waals surface area contributed by atoms with Gasteiger partial charge in [0.25, 0.3) is 10.0 Å². The van der Waals surface area contributed by atoms with Crippen molar-refractivity contribution in [3.8, 4) is 0 Å². The van der Waals surface area contributed by atoms with Crippen LogP contribution in [0.5, 0.6) is 0 Å². The molecule has 4 rings (SSSR count). The van der Waals surface area contributed by atoms with Gasteiger partial charge < -0.3 is 10.2 Å². The van der Waals surface area contributed by atoms with Gasteiger partial charge in [0.2, 0.25) is 11.8 Å². The van der Waals surface area contributed by atoms with Gasteiger partial charge in [-0.2, -0.15) is 0 Å². The van der Waals surface area contributed by atoms with Crippen LogP contribution in [0.4, 0.5) is 10.1 Å². The molecular formula is C34H35BrFN3O4S. The SMILES string of the molecule is Cc1ccc(S(=O)(=O)N(CC(=O)N(Cc2cccc(Br)c2)C(Cc2ccccc2)C(=O)NC(C)C)c2ccc(F)cc2)cc1. The molecule has 0 saturated carbocycles. The Morgan fingerprint density at radius 2 is 1.50 bits per heavy atom. The van der Waals surface area contributed by atoms with Crippen molar-refractivity contribution in [1.29, 1.82) is 0 Å². The summed E-state index contributed by atoms with van der Waals surface area (Å²) < 4.78 is 43.7. The molecule has 0 fully saturated rings. The van der Waals surface area contributed by atoms with Crippen LogP contribution >= 0.6 is 15.9 Å². The number of amides is 2. The van der Waals surface area contributed by atoms with Crippen molar-refractivity contribution in [2.24, 2.45) is 0 Å². The van der Waals surface area contributed by atoms with Gasteiger partial charge in [-0.15, -0.1) is 0 Å². The van der Waals surface area contributed by atoms with Crippen LogP contribution in [0.3, 0.4) is 0 Å². The highest BCUT2D eigenvalue weighted by atomic mass is 79.9. The zero-order valence-electron chi connectivity index (χ0n) is 24.8. The lowest BCUT2D eigenvalue weighted by Crippen LogP contribution is -2.54. The summed E-state index contributed by atoms with van der Waals surface area (Å²) >= 11 is 3.47. The Morgan fingerprint density at radius 1 is 0.864 bits per heavy atom. The zero-order chi connectivity index (χ0) is 31.9. The molecule has 4 aromatic carbocycles. The molecule has 230 valence electrons. The number of carbonyl (C=O) groups is 2. The van der Waals surface area contributed by atoms with E-state index in [2.05, 4.69) is 21.2 Å². The first kappa shape index (κ1) is 32.9. The topological polar surface area (TPSA) is 86.8 Å². The van der Waals surface area contributed by atoms with E-state index in [1.54, 1.807) is 12.1 Å². The first-order chi connectivity index (χ1) is 20.9. The molecule has 0 heterocycles. The summed E-state index contributed by atoms with van der Waals surface area (Å²) in [7, 11) is -4.26. The molecule has 4 aromatic rings. The Bertz CT molecular complexity index is 1680. The lowest BCUT2D eigenvalue weighted by atomic mass is 10.0. The Balaban J connectivity index is 1.80. The number of benzene rings is 4. The molecule has 2 amide bonds. The highest BCUT2D eigenvalue weighted by molar-refractivity contribution is 9.10. The third-order valence-electron chi connectivity index (χ3n) is 6.95. The molecule has 0 aliphatic rings. The summed E-state index contributed by atoms with van der Waals surface area (Å²) in [5.41, 5.74) is 2.58. The number of nitrogens with zero attached hydrogens (tertiary/aromatic N) is 2. The standard InChI is InChI=1S/C34H35BrFN3O4S/c1-24(2)37-34(41)32(21-26-8-5-4-6-9-26)38(22-27-10-7-11-28(35)20-27)33(40)23-39(30-16-14-29(36)15-17-30)44(42,43)31-18-12-25(3)13-19-31/h4-20,24,32H,21-23H2,1-3H3,(H,37,41). The Labute approximate surface area is 266 Å². The summed E-state index contributed by atoms with van der Waals surface area (Å²) in [4.78, 5) is 29.5. The van der Waals surface area contributed by atoms with E-state index in [0.29, 0.717) is 0 Å². The molecule has 0 aliphatic heterocycles. The fraction of sp³-hybridized carbons (Fsp3) is 0.235. The summed E-state index contributed by atoms with van der Waals surface area (Å²) in [6.07, 6.45) is 0.209. The fourth-order valence-electron chi connectivity index (χ4n) is 4.74. The number of halogens is 2. The van der Waals surface area contributed by atoms with Crippen LogP contribution in [0, 0.1) is 12.7 Å². The summed E-state index contributed by atoms with van der Waals surface area (Å²) in [5.74, 6) is -1.50. The summed E-state index contributed by atoms with van der Waals surface area (Å²) in [6.45, 7) is 4.94. The van der Waals surface area contributed by atoms with Crippen molar-refractivity contribution < 1.29 is 22.4 Å². The highest BCUT2D eigenvalue weighted by Crippen LogP contribution is 2.26. The average Bonchev–Trinajstić information content (AvgIpc) is 2.98. The number of hydrogen-bond donors (Lipinski definition) is 1. The monoisotopic (exact) mass is 679 g/mol. The van der Waals surface area contributed by atoms with Crippen molar-refractivity contribution in [3.05, 3.63) is 130 Å². The van der Waals surface area contributed by atoms with Gasteiger partial charge in [0.05, 0.1) is 10.6 Å². The summed E-state index contributed by atoms with van der Waals surface area (Å²) in [6, 6.07) is 26.8. The van der Waals surface area contributed by atoms with Gasteiger partial charge in [0.1, 0.15) is 18.4 Å². The predicted octanol–water partition coefficient (Wildman–Crippen LogP) is 6.26. The van der Waals surface area contributed by atoms with Gasteiger partial charge in [-0.05, 0) is 80.4 Å². The molecule has 7 nitrogen and oxygen atoms in total. The van der Waals surface area contributed by atoms with E-state index in [1.807, 2.05) is 75.4 Å². The van der Waals surface area contributed by atoms with Crippen molar-refractivity contribution in [2.45, 2.75) is 50.7 Å². The smallest absolute Gasteiger partial charge is 0.264 e. The van der Waals surface area contributed by atoms with Gasteiger partial charge in [-0.1, -0.05) is 76.1 Å². The van der Waals surface area contributed by atoms with Crippen molar-refractivity contribution in [1.82, 2.24) is 10.2 Å². The second-order valence-corrected chi connectivity index (χ2v) is 13.6. The third kappa shape index (κ3) is 8.54. The second kappa shape index (κ2) is 14.6. The lowest BCUT2D eigenvalue weighted by molar-refractivity contribution is -0.140. The number of rotatable bonds is 12. The van der Waals surface area contributed by atoms with Crippen LogP contribution in [0.1, 0.15) is 30.5 Å². The number of nitrogens with one attached hydrogen (secondary N) is 1. The van der Waals surface area contributed by atoms with Crippen LogP contribution in [0.2, 0.25) is 0 Å². The van der Waals surface area contributed by atoms with E-state index < -0.39 is 34.3 Å². The van der Waals surface area contributed by atoms with Gasteiger partial charge in [-0.25, -0.2) is 12.8 Å². The highest BCUT2D eigenvalue weighted by Gasteiger charge is 2.34. The number of anilines is 1. The number of aryl methyl sites for hydroxylation is 1. The van der Waals surface area contributed by atoms with E-state index >= 15 is 0 Å². The summed E-state index contributed by atoms with van der Waals surface area (Å²) in [5, 5.41) is 2.93. The van der Waals surface area contributed by atoms with Gasteiger partial charge in [0.15, 0.2) is 0 Å². The number of hydrogen-bond acceptors (Lipinski definition) is 4. The van der Waals surface area contributed by atoms with Crippen LogP contribution in [0.15, 0.2) is 112 Å². The Kier molecular flexibility index (Phi) is 10.9. The van der Waals surface area contributed by atoms with E-state index in [9.17, 15) is 22.4 Å². The maximum atomic E-state index is 14.4. The molecule has 0 radical (unpaired) electrons. The number of carbonyl (C=O) groups excluding carboxylic acids is 2. The molecule has 44 heavy (non-hydrogen) atoms. The predicted molar refractivity (Wildman–Crippen MR) is 174 cm³/mol. The zero-order valence-corrected chi connectivity index (χ0v) is 27.2. The molecule has 0 aliphatic carbocycles. The molecule has 1 N–H and O–H groups in total. The maximum absolute atomic E-state index is 14.4. The average molecular weight is 681 g/mol. The van der Waals surface area contributed by atoms with Gasteiger partial charge >= 0.3 is 0 Å². The molecule has 1 atom stereocenters. The first-order valence-corrected chi connectivity index (χ1v) is 16.4. The van der Waals surface area contributed by atoms with Gasteiger partial charge in [0, 0.05) is 23.5 Å². The fourth-order valence-corrected chi connectivity index (χ4v) is 6.60. The minimum absolute atomic E-state index is 0.0165. The molecule has 0 saturated heterocycles. The normalized spacial score (nSPS) is 12.0. The second-order valence-electron chi connectivity index (χ2n) is 10.8. The van der Waals surface area contributed by atoms with E-state index in [1.165, 1.54) is 29.2 Å². The minimum Gasteiger partial charge on any atom is -0.352 e. The molecule has 1 unspecified atom stereocenters. The molecule has 0 spiro atoms. The minimum atomic E-state index is -4.26. The van der Waals surface area contributed by atoms with Crippen LogP contribution < -0.4 is 9.62 Å². The number of sulfonamides is 1. The lowest BCUT2D eigenvalue weighted by Gasteiger charge is -2.34. The van der Waals surface area contributed by atoms with Crippen LogP contribution in [0.25, 0.3) is 0 Å².